The van der Waals surface area contributed by atoms with Gasteiger partial charge < -0.3 is 19.7 Å². The normalized spacial score (nSPS) is 15.3. The first-order valence-electron chi connectivity index (χ1n) is 9.66. The molecule has 1 heterocycles. The topological polar surface area (TPSA) is 50.8 Å². The highest BCUT2D eigenvalue weighted by atomic mass is 35.5. The lowest BCUT2D eigenvalue weighted by Gasteiger charge is -2.19. The van der Waals surface area contributed by atoms with Crippen LogP contribution in [-0.2, 0) is 0 Å². The molecule has 0 unspecified atom stereocenters. The molecule has 1 amide bonds. The second kappa shape index (κ2) is 11.3. The highest BCUT2D eigenvalue weighted by Crippen LogP contribution is 2.36. The number of carbonyl (C=O) groups is 1. The molecule has 1 fully saturated rings. The molecule has 1 aromatic carbocycles. The van der Waals surface area contributed by atoms with Crippen molar-refractivity contribution >= 4 is 17.5 Å². The Labute approximate surface area is 162 Å². The van der Waals surface area contributed by atoms with E-state index in [9.17, 15) is 4.79 Å². The van der Waals surface area contributed by atoms with E-state index in [0.29, 0.717) is 35.2 Å². The van der Waals surface area contributed by atoms with Gasteiger partial charge in [0.2, 0.25) is 0 Å². The highest BCUT2D eigenvalue weighted by Gasteiger charge is 2.16. The third-order valence-corrected chi connectivity index (χ3v) is 4.86. The number of methoxy groups -OCH3 is 1. The van der Waals surface area contributed by atoms with E-state index in [4.69, 9.17) is 21.1 Å². The Balaban J connectivity index is 1.85. The number of hydrogen-bond acceptors (Lipinski definition) is 4. The lowest BCUT2D eigenvalue weighted by atomic mass is 10.2. The standard InChI is InChI=1S/C20H31ClN2O3/c1-3-13-26-19-17(21)14-16(15-18(19)25-2)20(24)22-9-8-12-23-10-6-4-5-7-11-23/h14-15H,3-13H2,1-2H3,(H,22,24). The molecular formula is C20H31ClN2O3. The molecule has 1 aliphatic rings. The minimum Gasteiger partial charge on any atom is -0.493 e. The predicted molar refractivity (Wildman–Crippen MR) is 106 cm³/mol. The summed E-state index contributed by atoms with van der Waals surface area (Å²) in [5.41, 5.74) is 0.491. The number of nitrogens with zero attached hydrogens (tertiary/aromatic N) is 1. The third-order valence-electron chi connectivity index (χ3n) is 4.58. The Morgan fingerprint density at radius 2 is 1.96 bits per heavy atom. The van der Waals surface area contributed by atoms with Crippen LogP contribution in [0.15, 0.2) is 12.1 Å². The van der Waals surface area contributed by atoms with Gasteiger partial charge in [0.1, 0.15) is 0 Å². The summed E-state index contributed by atoms with van der Waals surface area (Å²) in [4.78, 5) is 14.9. The number of carbonyl (C=O) groups excluding carboxylic acids is 1. The zero-order valence-corrected chi connectivity index (χ0v) is 16.7. The van der Waals surface area contributed by atoms with Gasteiger partial charge in [-0.05, 0) is 57.5 Å². The minimum absolute atomic E-state index is 0.136. The van der Waals surface area contributed by atoms with Crippen LogP contribution in [0.5, 0.6) is 11.5 Å². The van der Waals surface area contributed by atoms with Crippen molar-refractivity contribution in [3.05, 3.63) is 22.7 Å². The molecule has 0 atom stereocenters. The van der Waals surface area contributed by atoms with Crippen LogP contribution in [-0.4, -0.2) is 50.7 Å². The van der Waals surface area contributed by atoms with E-state index in [0.717, 1.165) is 19.4 Å². The van der Waals surface area contributed by atoms with Crippen molar-refractivity contribution < 1.29 is 14.3 Å². The van der Waals surface area contributed by atoms with Crippen LogP contribution >= 0.6 is 11.6 Å². The van der Waals surface area contributed by atoms with Crippen molar-refractivity contribution in [1.29, 1.82) is 0 Å². The molecule has 1 aliphatic heterocycles. The Morgan fingerprint density at radius 1 is 1.23 bits per heavy atom. The van der Waals surface area contributed by atoms with Crippen LogP contribution in [0.3, 0.4) is 0 Å². The largest absolute Gasteiger partial charge is 0.493 e. The maximum Gasteiger partial charge on any atom is 0.251 e. The van der Waals surface area contributed by atoms with Gasteiger partial charge in [-0.1, -0.05) is 31.4 Å². The second-order valence-electron chi connectivity index (χ2n) is 6.70. The van der Waals surface area contributed by atoms with E-state index in [1.807, 2.05) is 6.92 Å². The van der Waals surface area contributed by atoms with E-state index in [1.54, 1.807) is 19.2 Å². The molecule has 26 heavy (non-hydrogen) atoms. The third kappa shape index (κ3) is 6.36. The molecule has 146 valence electrons. The number of amides is 1. The van der Waals surface area contributed by atoms with Crippen LogP contribution < -0.4 is 14.8 Å². The fourth-order valence-corrected chi connectivity index (χ4v) is 3.43. The van der Waals surface area contributed by atoms with Gasteiger partial charge in [0.05, 0.1) is 18.7 Å². The molecule has 1 aromatic rings. The van der Waals surface area contributed by atoms with Crippen molar-refractivity contribution in [3.63, 3.8) is 0 Å². The summed E-state index contributed by atoms with van der Waals surface area (Å²) in [6.07, 6.45) is 7.09. The van der Waals surface area contributed by atoms with E-state index in [2.05, 4.69) is 10.2 Å². The quantitative estimate of drug-likeness (QED) is 0.652. The van der Waals surface area contributed by atoms with Gasteiger partial charge in [0.15, 0.2) is 11.5 Å². The van der Waals surface area contributed by atoms with Crippen LogP contribution in [0.2, 0.25) is 5.02 Å². The molecule has 2 rings (SSSR count). The Bertz CT molecular complexity index is 572. The van der Waals surface area contributed by atoms with E-state index in [-0.39, 0.29) is 5.91 Å². The Morgan fingerprint density at radius 3 is 2.62 bits per heavy atom. The fourth-order valence-electron chi connectivity index (χ4n) is 3.16. The summed E-state index contributed by atoms with van der Waals surface area (Å²) in [5, 5.41) is 3.37. The number of likely N-dealkylation sites (tertiary alicyclic amines) is 1. The maximum atomic E-state index is 12.4. The van der Waals surface area contributed by atoms with Crippen LogP contribution in [0.1, 0.15) is 55.8 Å². The first-order valence-corrected chi connectivity index (χ1v) is 10.0. The molecule has 0 saturated carbocycles. The monoisotopic (exact) mass is 382 g/mol. The maximum absolute atomic E-state index is 12.4. The van der Waals surface area contributed by atoms with Gasteiger partial charge in [-0.15, -0.1) is 0 Å². The minimum atomic E-state index is -0.136. The second-order valence-corrected chi connectivity index (χ2v) is 7.11. The molecule has 0 aromatic heterocycles. The van der Waals surface area contributed by atoms with Gasteiger partial charge in [-0.2, -0.15) is 0 Å². The number of ether oxygens (including phenoxy) is 2. The Kier molecular flexibility index (Phi) is 9.06. The van der Waals surface area contributed by atoms with Crippen molar-refractivity contribution in [1.82, 2.24) is 10.2 Å². The van der Waals surface area contributed by atoms with Crippen LogP contribution in [0.25, 0.3) is 0 Å². The summed E-state index contributed by atoms with van der Waals surface area (Å²) < 4.78 is 11.0. The molecule has 5 nitrogen and oxygen atoms in total. The molecule has 0 bridgehead atoms. The highest BCUT2D eigenvalue weighted by molar-refractivity contribution is 6.32. The zero-order chi connectivity index (χ0) is 18.8. The van der Waals surface area contributed by atoms with E-state index >= 15 is 0 Å². The van der Waals surface area contributed by atoms with Crippen molar-refractivity contribution in [2.24, 2.45) is 0 Å². The molecule has 1 saturated heterocycles. The molecule has 1 N–H and O–H groups in total. The van der Waals surface area contributed by atoms with Crippen molar-refractivity contribution in [2.45, 2.75) is 45.4 Å². The van der Waals surface area contributed by atoms with Crippen molar-refractivity contribution in [3.8, 4) is 11.5 Å². The van der Waals surface area contributed by atoms with Crippen LogP contribution in [0, 0.1) is 0 Å². The Hall–Kier alpha value is -1.46. The summed E-state index contributed by atoms with van der Waals surface area (Å²) >= 11 is 6.28. The summed E-state index contributed by atoms with van der Waals surface area (Å²) in [7, 11) is 1.55. The number of rotatable bonds is 9. The molecule has 6 heteroatoms. The SMILES string of the molecule is CCCOc1c(Cl)cc(C(=O)NCCCN2CCCCCC2)cc1OC. The van der Waals surface area contributed by atoms with Gasteiger partial charge in [0, 0.05) is 12.1 Å². The molecule has 0 aliphatic carbocycles. The first-order chi connectivity index (χ1) is 12.7. The number of benzene rings is 1. The predicted octanol–water partition coefficient (Wildman–Crippen LogP) is 4.13. The number of nitrogens with one attached hydrogen (secondary N) is 1. The fraction of sp³-hybridized carbons (Fsp3) is 0.650. The van der Waals surface area contributed by atoms with Gasteiger partial charge >= 0.3 is 0 Å². The van der Waals surface area contributed by atoms with Gasteiger partial charge in [0.25, 0.3) is 5.91 Å². The molecular weight excluding hydrogens is 352 g/mol. The lowest BCUT2D eigenvalue weighted by molar-refractivity contribution is 0.0951. The summed E-state index contributed by atoms with van der Waals surface area (Å²) in [5.74, 6) is 0.845. The average Bonchev–Trinajstić information content (AvgIpc) is 2.92. The average molecular weight is 383 g/mol. The summed E-state index contributed by atoms with van der Waals surface area (Å²) in [6, 6.07) is 3.32. The zero-order valence-electron chi connectivity index (χ0n) is 16.0. The molecule has 0 spiro atoms. The van der Waals surface area contributed by atoms with Gasteiger partial charge in [-0.25, -0.2) is 0 Å². The van der Waals surface area contributed by atoms with E-state index < -0.39 is 0 Å². The van der Waals surface area contributed by atoms with E-state index in [1.165, 1.54) is 38.8 Å². The molecule has 0 radical (unpaired) electrons. The van der Waals surface area contributed by atoms with Crippen LogP contribution in [0.4, 0.5) is 0 Å². The van der Waals surface area contributed by atoms with Gasteiger partial charge in [-0.3, -0.25) is 4.79 Å². The smallest absolute Gasteiger partial charge is 0.251 e. The first kappa shape index (κ1) is 20.8. The number of halogens is 1. The lowest BCUT2D eigenvalue weighted by Crippen LogP contribution is -2.30. The summed E-state index contributed by atoms with van der Waals surface area (Å²) in [6.45, 7) is 6.63. The van der Waals surface area contributed by atoms with Crippen molar-refractivity contribution in [2.75, 3.05) is 39.9 Å². The number of hydrogen-bond donors (Lipinski definition) is 1.